The molecular weight excluding hydrogens is 282 g/mol. The van der Waals surface area contributed by atoms with E-state index >= 15 is 0 Å². The summed E-state index contributed by atoms with van der Waals surface area (Å²) in [4.78, 5) is 11.6. The van der Waals surface area contributed by atoms with Gasteiger partial charge in [0.1, 0.15) is 0 Å². The van der Waals surface area contributed by atoms with Crippen LogP contribution >= 0.6 is 0 Å². The van der Waals surface area contributed by atoms with E-state index in [-0.39, 0.29) is 23.0 Å². The second-order valence-corrected chi connectivity index (χ2v) is 5.72. The Kier molecular flexibility index (Phi) is 4.20. The summed E-state index contributed by atoms with van der Waals surface area (Å²) in [6, 6.07) is 5.89. The van der Waals surface area contributed by atoms with Gasteiger partial charge in [-0.2, -0.15) is 5.21 Å². The third kappa shape index (κ3) is 3.25. The van der Waals surface area contributed by atoms with E-state index in [1.54, 1.807) is 13.0 Å². The number of rotatable bonds is 6. The SMILES string of the molecule is CCC(=O)c1cccc(S(=O)(=O)NCc2nn[nH]n2)c1. The van der Waals surface area contributed by atoms with Crippen molar-refractivity contribution in [1.29, 1.82) is 0 Å². The minimum atomic E-state index is -3.72. The van der Waals surface area contributed by atoms with E-state index in [0.29, 0.717) is 12.0 Å². The molecule has 0 aliphatic rings. The number of aromatic amines is 1. The number of H-pyrrole nitrogens is 1. The average molecular weight is 295 g/mol. The van der Waals surface area contributed by atoms with Crippen molar-refractivity contribution in [2.45, 2.75) is 24.8 Å². The van der Waals surface area contributed by atoms with Gasteiger partial charge in [-0.1, -0.05) is 24.3 Å². The van der Waals surface area contributed by atoms with Gasteiger partial charge in [-0.05, 0) is 12.1 Å². The number of ketones is 1. The molecule has 0 bridgehead atoms. The van der Waals surface area contributed by atoms with Gasteiger partial charge in [0.15, 0.2) is 11.6 Å². The predicted molar refractivity (Wildman–Crippen MR) is 69.3 cm³/mol. The molecule has 0 atom stereocenters. The average Bonchev–Trinajstić information content (AvgIpc) is 2.98. The third-order valence-corrected chi connectivity index (χ3v) is 4.00. The van der Waals surface area contributed by atoms with Crippen LogP contribution in [0, 0.1) is 0 Å². The highest BCUT2D eigenvalue weighted by molar-refractivity contribution is 7.89. The molecule has 2 N–H and O–H groups in total. The molecule has 0 unspecified atom stereocenters. The number of benzene rings is 1. The summed E-state index contributed by atoms with van der Waals surface area (Å²) in [6.45, 7) is 1.64. The summed E-state index contributed by atoms with van der Waals surface area (Å²) in [6.07, 6.45) is 0.319. The van der Waals surface area contributed by atoms with Gasteiger partial charge in [-0.15, -0.1) is 10.2 Å². The lowest BCUT2D eigenvalue weighted by molar-refractivity contribution is 0.0988. The first-order valence-corrected chi connectivity index (χ1v) is 7.36. The third-order valence-electron chi connectivity index (χ3n) is 2.60. The fourth-order valence-electron chi connectivity index (χ4n) is 1.54. The van der Waals surface area contributed by atoms with Crippen LogP contribution < -0.4 is 4.72 Å². The van der Waals surface area contributed by atoms with Crippen molar-refractivity contribution in [2.75, 3.05) is 0 Å². The van der Waals surface area contributed by atoms with E-state index in [1.807, 2.05) is 0 Å². The van der Waals surface area contributed by atoms with Crippen molar-refractivity contribution in [3.8, 4) is 0 Å². The minimum Gasteiger partial charge on any atom is -0.294 e. The summed E-state index contributed by atoms with van der Waals surface area (Å²) >= 11 is 0. The Labute approximate surface area is 115 Å². The van der Waals surface area contributed by atoms with Gasteiger partial charge in [-0.3, -0.25) is 4.79 Å². The zero-order chi connectivity index (χ0) is 14.6. The number of carbonyl (C=O) groups is 1. The van der Waals surface area contributed by atoms with Crippen LogP contribution in [0.25, 0.3) is 0 Å². The quantitative estimate of drug-likeness (QED) is 0.739. The number of Topliss-reactive ketones (excluding diaryl/α,β-unsaturated/α-hetero) is 1. The maximum Gasteiger partial charge on any atom is 0.241 e. The molecule has 0 saturated carbocycles. The topological polar surface area (TPSA) is 118 Å². The van der Waals surface area contributed by atoms with Crippen LogP contribution in [-0.2, 0) is 16.6 Å². The molecule has 20 heavy (non-hydrogen) atoms. The maximum atomic E-state index is 12.1. The maximum absolute atomic E-state index is 12.1. The Balaban J connectivity index is 2.18. The summed E-state index contributed by atoms with van der Waals surface area (Å²) in [5.74, 6) is 0.120. The fourth-order valence-corrected chi connectivity index (χ4v) is 2.57. The predicted octanol–water partition coefficient (Wildman–Crippen LogP) is 0.271. The van der Waals surface area contributed by atoms with E-state index in [0.717, 1.165) is 0 Å². The fraction of sp³-hybridized carbons (Fsp3) is 0.273. The Bertz CT molecular complexity index is 697. The van der Waals surface area contributed by atoms with E-state index in [4.69, 9.17) is 0 Å². The Morgan fingerprint density at radius 3 is 2.85 bits per heavy atom. The molecule has 1 heterocycles. The molecule has 0 aliphatic heterocycles. The van der Waals surface area contributed by atoms with Gasteiger partial charge >= 0.3 is 0 Å². The number of hydrogen-bond donors (Lipinski definition) is 2. The van der Waals surface area contributed by atoms with Crippen molar-refractivity contribution in [1.82, 2.24) is 25.3 Å². The lowest BCUT2D eigenvalue weighted by Gasteiger charge is -2.06. The van der Waals surface area contributed by atoms with Crippen LogP contribution in [0.4, 0.5) is 0 Å². The van der Waals surface area contributed by atoms with Gasteiger partial charge in [0.25, 0.3) is 0 Å². The highest BCUT2D eigenvalue weighted by Gasteiger charge is 2.16. The van der Waals surface area contributed by atoms with Crippen molar-refractivity contribution in [2.24, 2.45) is 0 Å². The molecule has 0 radical (unpaired) electrons. The van der Waals surface area contributed by atoms with Crippen molar-refractivity contribution < 1.29 is 13.2 Å². The van der Waals surface area contributed by atoms with E-state index in [1.165, 1.54) is 18.2 Å². The lowest BCUT2D eigenvalue weighted by Crippen LogP contribution is -2.24. The zero-order valence-corrected chi connectivity index (χ0v) is 11.5. The first kappa shape index (κ1) is 14.3. The molecule has 2 rings (SSSR count). The van der Waals surface area contributed by atoms with Crippen molar-refractivity contribution >= 4 is 15.8 Å². The van der Waals surface area contributed by atoms with Crippen LogP contribution in [-0.4, -0.2) is 34.8 Å². The highest BCUT2D eigenvalue weighted by Crippen LogP contribution is 2.13. The number of aromatic nitrogens is 4. The summed E-state index contributed by atoms with van der Waals surface area (Å²) in [5.41, 5.74) is 0.370. The smallest absolute Gasteiger partial charge is 0.241 e. The second kappa shape index (κ2) is 5.88. The molecule has 106 valence electrons. The number of nitrogens with one attached hydrogen (secondary N) is 2. The largest absolute Gasteiger partial charge is 0.294 e. The number of sulfonamides is 1. The summed E-state index contributed by atoms with van der Waals surface area (Å²) < 4.78 is 26.5. The summed E-state index contributed by atoms with van der Waals surface area (Å²) in [7, 11) is -3.72. The van der Waals surface area contributed by atoms with E-state index in [2.05, 4.69) is 25.3 Å². The zero-order valence-electron chi connectivity index (χ0n) is 10.7. The van der Waals surface area contributed by atoms with Crippen LogP contribution in [0.1, 0.15) is 29.5 Å². The first-order valence-electron chi connectivity index (χ1n) is 5.88. The molecule has 0 fully saturated rings. The van der Waals surface area contributed by atoms with Gasteiger partial charge in [0.2, 0.25) is 10.0 Å². The van der Waals surface area contributed by atoms with Gasteiger partial charge in [0, 0.05) is 12.0 Å². The van der Waals surface area contributed by atoms with E-state index < -0.39 is 10.0 Å². The lowest BCUT2D eigenvalue weighted by atomic mass is 10.1. The molecule has 1 aromatic heterocycles. The number of carbonyl (C=O) groups excluding carboxylic acids is 1. The normalized spacial score (nSPS) is 11.4. The Hall–Kier alpha value is -2.13. The molecule has 0 saturated heterocycles. The Morgan fingerprint density at radius 1 is 1.40 bits per heavy atom. The number of nitrogens with zero attached hydrogens (tertiary/aromatic N) is 3. The molecular formula is C11H13N5O3S. The number of tetrazole rings is 1. The van der Waals surface area contributed by atoms with Crippen LogP contribution in [0.15, 0.2) is 29.2 Å². The summed E-state index contributed by atoms with van der Waals surface area (Å²) in [5, 5.41) is 12.8. The molecule has 8 nitrogen and oxygen atoms in total. The van der Waals surface area contributed by atoms with Crippen LogP contribution in [0.2, 0.25) is 0 Å². The standard InChI is InChI=1S/C11H13N5O3S/c1-2-10(17)8-4-3-5-9(6-8)20(18,19)12-7-11-13-15-16-14-11/h3-6,12H,2,7H2,1H3,(H,13,14,15,16). The highest BCUT2D eigenvalue weighted by atomic mass is 32.2. The van der Waals surface area contributed by atoms with E-state index in [9.17, 15) is 13.2 Å². The molecule has 9 heteroatoms. The second-order valence-electron chi connectivity index (χ2n) is 3.96. The van der Waals surface area contributed by atoms with Crippen LogP contribution in [0.3, 0.4) is 0 Å². The first-order chi connectivity index (χ1) is 9.53. The molecule has 2 aromatic rings. The van der Waals surface area contributed by atoms with Gasteiger partial charge < -0.3 is 0 Å². The minimum absolute atomic E-state index is 0.0281. The van der Waals surface area contributed by atoms with Crippen molar-refractivity contribution in [3.05, 3.63) is 35.7 Å². The molecule has 0 spiro atoms. The molecule has 0 aliphatic carbocycles. The molecule has 0 amide bonds. The van der Waals surface area contributed by atoms with Crippen molar-refractivity contribution in [3.63, 3.8) is 0 Å². The number of hydrogen-bond acceptors (Lipinski definition) is 6. The van der Waals surface area contributed by atoms with Gasteiger partial charge in [0.05, 0.1) is 11.4 Å². The molecule has 1 aromatic carbocycles. The monoisotopic (exact) mass is 295 g/mol. The van der Waals surface area contributed by atoms with Gasteiger partial charge in [-0.25, -0.2) is 13.1 Å². The Morgan fingerprint density at radius 2 is 2.20 bits per heavy atom. The van der Waals surface area contributed by atoms with Crippen LogP contribution in [0.5, 0.6) is 0 Å².